The normalized spacial score (nSPS) is 12.5. The molecule has 1 atom stereocenters. The van der Waals surface area contributed by atoms with Crippen LogP contribution in [0.4, 0.5) is 0 Å². The number of esters is 1. The Morgan fingerprint density at radius 3 is 2.06 bits per heavy atom. The van der Waals surface area contributed by atoms with Crippen molar-refractivity contribution in [3.63, 3.8) is 0 Å². The maximum absolute atomic E-state index is 11.1. The van der Waals surface area contributed by atoms with Gasteiger partial charge in [0.25, 0.3) is 0 Å². The van der Waals surface area contributed by atoms with Crippen LogP contribution in [0.1, 0.15) is 25.0 Å². The number of rotatable bonds is 5. The van der Waals surface area contributed by atoms with Gasteiger partial charge in [0.1, 0.15) is 0 Å². The quantitative estimate of drug-likeness (QED) is 0.795. The van der Waals surface area contributed by atoms with Crippen LogP contribution in [-0.2, 0) is 22.4 Å². The molecule has 0 saturated carbocycles. The fourth-order valence-corrected chi connectivity index (χ4v) is 1.73. The summed E-state index contributed by atoms with van der Waals surface area (Å²) in [5, 5.41) is 9.51. The summed E-state index contributed by atoms with van der Waals surface area (Å²) >= 11 is 0. The highest BCUT2D eigenvalue weighted by atomic mass is 16.5. The number of hydrogen-bond donors (Lipinski definition) is 1. The van der Waals surface area contributed by atoms with Gasteiger partial charge in [0.05, 0.1) is 7.11 Å². The molecule has 1 aromatic rings. The first-order chi connectivity index (χ1) is 8.02. The SMILES string of the molecule is COC(=O)C(O)Cc1ccc(CC(C)C)cc1. The molecule has 3 heteroatoms. The van der Waals surface area contributed by atoms with Crippen LogP contribution >= 0.6 is 0 Å². The molecule has 3 nitrogen and oxygen atoms in total. The minimum Gasteiger partial charge on any atom is -0.467 e. The summed E-state index contributed by atoms with van der Waals surface area (Å²) in [6.07, 6.45) is 0.269. The predicted molar refractivity (Wildman–Crippen MR) is 66.7 cm³/mol. The Bertz CT molecular complexity index is 354. The number of ether oxygens (including phenoxy) is 1. The molecule has 0 radical (unpaired) electrons. The van der Waals surface area contributed by atoms with Crippen molar-refractivity contribution in [2.75, 3.05) is 7.11 Å². The smallest absolute Gasteiger partial charge is 0.335 e. The minimum atomic E-state index is -1.07. The number of benzene rings is 1. The molecule has 94 valence electrons. The van der Waals surface area contributed by atoms with Crippen LogP contribution in [0.3, 0.4) is 0 Å². The van der Waals surface area contributed by atoms with E-state index in [2.05, 4.69) is 18.6 Å². The summed E-state index contributed by atoms with van der Waals surface area (Å²) in [7, 11) is 1.28. The van der Waals surface area contributed by atoms with Crippen LogP contribution < -0.4 is 0 Å². The van der Waals surface area contributed by atoms with E-state index in [1.54, 1.807) is 0 Å². The van der Waals surface area contributed by atoms with E-state index in [1.807, 2.05) is 24.3 Å². The second-order valence-corrected chi connectivity index (χ2v) is 4.66. The maximum Gasteiger partial charge on any atom is 0.335 e. The number of carbonyl (C=O) groups excluding carboxylic acids is 1. The molecule has 0 aliphatic carbocycles. The molecule has 0 aromatic heterocycles. The van der Waals surface area contributed by atoms with Gasteiger partial charge in [-0.1, -0.05) is 38.1 Å². The van der Waals surface area contributed by atoms with Crippen molar-refractivity contribution in [2.24, 2.45) is 5.92 Å². The van der Waals surface area contributed by atoms with Crippen LogP contribution in [0, 0.1) is 5.92 Å². The van der Waals surface area contributed by atoms with Gasteiger partial charge in [-0.15, -0.1) is 0 Å². The van der Waals surface area contributed by atoms with E-state index in [1.165, 1.54) is 12.7 Å². The van der Waals surface area contributed by atoms with E-state index < -0.39 is 12.1 Å². The number of aliphatic hydroxyl groups excluding tert-OH is 1. The Kier molecular flexibility index (Phi) is 5.16. The van der Waals surface area contributed by atoms with Gasteiger partial charge in [-0.25, -0.2) is 4.79 Å². The van der Waals surface area contributed by atoms with Crippen molar-refractivity contribution < 1.29 is 14.6 Å². The van der Waals surface area contributed by atoms with Gasteiger partial charge in [0.2, 0.25) is 0 Å². The maximum atomic E-state index is 11.1. The molecule has 1 rings (SSSR count). The summed E-state index contributed by atoms with van der Waals surface area (Å²) in [6.45, 7) is 4.35. The van der Waals surface area contributed by atoms with Crippen molar-refractivity contribution >= 4 is 5.97 Å². The van der Waals surface area contributed by atoms with E-state index in [-0.39, 0.29) is 0 Å². The first-order valence-corrected chi connectivity index (χ1v) is 5.86. The average molecular weight is 236 g/mol. The zero-order valence-electron chi connectivity index (χ0n) is 10.6. The van der Waals surface area contributed by atoms with Gasteiger partial charge < -0.3 is 9.84 Å². The lowest BCUT2D eigenvalue weighted by atomic mass is 10.00. The van der Waals surface area contributed by atoms with Crippen LogP contribution in [0.5, 0.6) is 0 Å². The first kappa shape index (κ1) is 13.7. The summed E-state index contributed by atoms with van der Waals surface area (Å²) in [6, 6.07) is 7.98. The standard InChI is InChI=1S/C14H20O3/c1-10(2)8-11-4-6-12(7-5-11)9-13(15)14(16)17-3/h4-7,10,13,15H,8-9H2,1-3H3. The molecule has 0 heterocycles. The molecular formula is C14H20O3. The molecular weight excluding hydrogens is 216 g/mol. The van der Waals surface area contributed by atoms with Crippen LogP contribution in [0.25, 0.3) is 0 Å². The van der Waals surface area contributed by atoms with Crippen molar-refractivity contribution in [3.8, 4) is 0 Å². The van der Waals surface area contributed by atoms with Gasteiger partial charge in [0.15, 0.2) is 6.10 Å². The van der Waals surface area contributed by atoms with Gasteiger partial charge in [-0.05, 0) is 23.5 Å². The Labute approximate surface area is 102 Å². The Hall–Kier alpha value is -1.35. The summed E-state index contributed by atoms with van der Waals surface area (Å²) in [4.78, 5) is 11.1. The zero-order valence-corrected chi connectivity index (χ0v) is 10.6. The largest absolute Gasteiger partial charge is 0.467 e. The highest BCUT2D eigenvalue weighted by molar-refractivity contribution is 5.74. The van der Waals surface area contributed by atoms with Gasteiger partial charge in [-0.3, -0.25) is 0 Å². The van der Waals surface area contributed by atoms with E-state index in [4.69, 9.17) is 0 Å². The summed E-state index contributed by atoms with van der Waals surface area (Å²) in [5.74, 6) is 0.0396. The lowest BCUT2D eigenvalue weighted by Crippen LogP contribution is -2.24. The zero-order chi connectivity index (χ0) is 12.8. The third kappa shape index (κ3) is 4.57. The fourth-order valence-electron chi connectivity index (χ4n) is 1.73. The molecule has 0 aliphatic heterocycles. The van der Waals surface area contributed by atoms with E-state index in [9.17, 15) is 9.90 Å². The van der Waals surface area contributed by atoms with E-state index in [0.29, 0.717) is 12.3 Å². The Morgan fingerprint density at radius 2 is 1.65 bits per heavy atom. The second kappa shape index (κ2) is 6.40. The lowest BCUT2D eigenvalue weighted by molar-refractivity contribution is -0.150. The van der Waals surface area contributed by atoms with E-state index in [0.717, 1.165) is 12.0 Å². The lowest BCUT2D eigenvalue weighted by Gasteiger charge is -2.09. The fraction of sp³-hybridized carbons (Fsp3) is 0.500. The molecule has 0 bridgehead atoms. The van der Waals surface area contributed by atoms with Crippen molar-refractivity contribution in [1.29, 1.82) is 0 Å². The highest BCUT2D eigenvalue weighted by Gasteiger charge is 2.15. The third-order valence-electron chi connectivity index (χ3n) is 2.57. The topological polar surface area (TPSA) is 46.5 Å². The Morgan fingerprint density at radius 1 is 1.18 bits per heavy atom. The molecule has 0 amide bonds. The molecule has 0 fully saturated rings. The molecule has 1 unspecified atom stereocenters. The molecule has 0 aliphatic rings. The van der Waals surface area contributed by atoms with Gasteiger partial charge in [-0.2, -0.15) is 0 Å². The third-order valence-corrected chi connectivity index (χ3v) is 2.57. The van der Waals surface area contributed by atoms with Crippen molar-refractivity contribution in [1.82, 2.24) is 0 Å². The monoisotopic (exact) mass is 236 g/mol. The number of carbonyl (C=O) groups is 1. The molecule has 1 N–H and O–H groups in total. The number of hydrogen-bond acceptors (Lipinski definition) is 3. The second-order valence-electron chi connectivity index (χ2n) is 4.66. The highest BCUT2D eigenvalue weighted by Crippen LogP contribution is 2.11. The number of aliphatic hydroxyl groups is 1. The number of methoxy groups -OCH3 is 1. The van der Waals surface area contributed by atoms with Gasteiger partial charge in [0, 0.05) is 6.42 Å². The summed E-state index contributed by atoms with van der Waals surface area (Å²) in [5.41, 5.74) is 2.21. The van der Waals surface area contributed by atoms with Gasteiger partial charge >= 0.3 is 5.97 Å². The summed E-state index contributed by atoms with van der Waals surface area (Å²) < 4.78 is 4.47. The van der Waals surface area contributed by atoms with Crippen molar-refractivity contribution in [3.05, 3.63) is 35.4 Å². The molecule has 1 aromatic carbocycles. The Balaban J connectivity index is 2.59. The van der Waals surface area contributed by atoms with Crippen molar-refractivity contribution in [2.45, 2.75) is 32.8 Å². The molecule has 17 heavy (non-hydrogen) atoms. The van der Waals surface area contributed by atoms with Crippen LogP contribution in [0.2, 0.25) is 0 Å². The first-order valence-electron chi connectivity index (χ1n) is 5.86. The molecule has 0 spiro atoms. The van der Waals surface area contributed by atoms with Crippen LogP contribution in [-0.4, -0.2) is 24.3 Å². The minimum absolute atomic E-state index is 0.300. The molecule has 0 saturated heterocycles. The van der Waals surface area contributed by atoms with E-state index >= 15 is 0 Å². The predicted octanol–water partition coefficient (Wildman–Crippen LogP) is 1.96. The average Bonchev–Trinajstić information content (AvgIpc) is 2.30. The van der Waals surface area contributed by atoms with Crippen LogP contribution in [0.15, 0.2) is 24.3 Å².